The summed E-state index contributed by atoms with van der Waals surface area (Å²) in [5, 5.41) is 0. The number of rotatable bonds is 11. The van der Waals surface area contributed by atoms with Crippen molar-refractivity contribution < 1.29 is 151 Å². The quantitative estimate of drug-likeness (QED) is 0.196. The smallest absolute Gasteiger partial charge is 0.288 e. The van der Waals surface area contributed by atoms with E-state index in [9.17, 15) is 141 Å². The Morgan fingerprint density at radius 3 is 0.560 bits per heavy atom. The highest BCUT2D eigenvalue weighted by molar-refractivity contribution is 5.96. The summed E-state index contributed by atoms with van der Waals surface area (Å²) in [7, 11) is 0. The van der Waals surface area contributed by atoms with Gasteiger partial charge in [0.25, 0.3) is 11.6 Å². The van der Waals surface area contributed by atoms with E-state index in [1.807, 2.05) is 0 Å². The zero-order chi connectivity index (χ0) is 41.6. The van der Waals surface area contributed by atoms with Crippen molar-refractivity contribution in [3.63, 3.8) is 0 Å². The minimum Gasteiger partial charge on any atom is -0.288 e. The summed E-state index contributed by atoms with van der Waals surface area (Å²) in [6.07, 6.45) is -69.2. The molecule has 0 aromatic rings. The molecule has 0 amide bonds. The third-order valence-corrected chi connectivity index (χ3v) is 5.16. The zero-order valence-corrected chi connectivity index (χ0v) is 21.0. The van der Waals surface area contributed by atoms with Gasteiger partial charge in [-0.2, -0.15) is 123 Å². The number of hydrogen-bond donors (Lipinski definition) is 0. The Labute approximate surface area is 248 Å². The molecule has 0 aliphatic rings. The van der Waals surface area contributed by atoms with Crippen LogP contribution in [0, 0.1) is 0 Å². The standard InChI is InChI=1S/C16F30O4/c17-3(9(25,26)27,10(28,29)30)1(47)5(19,13(37,38)39)49-15(43,44)7(21,22)8(23,24)16(45,46)50-6(20,14(40,41)42)2(48)4(18,11(31,32)33)12(34,35)36. The van der Waals surface area contributed by atoms with Crippen LogP contribution >= 0.6 is 0 Å². The average molecular weight is 826 g/mol. The number of Topliss-reactive ketones (excluding diaryl/α,β-unsaturated/α-hetero) is 2. The van der Waals surface area contributed by atoms with E-state index in [0.717, 1.165) is 9.47 Å². The van der Waals surface area contributed by atoms with Crippen molar-refractivity contribution in [1.82, 2.24) is 0 Å². The molecule has 50 heavy (non-hydrogen) atoms. The number of carbonyl (C=O) groups excluding carboxylic acids is 2. The highest BCUT2D eigenvalue weighted by atomic mass is 19.5. The fourth-order valence-corrected chi connectivity index (χ4v) is 2.59. The van der Waals surface area contributed by atoms with Gasteiger partial charge in [-0.1, -0.05) is 0 Å². The first-order valence-corrected chi connectivity index (χ1v) is 10.1. The maximum absolute atomic E-state index is 14.1. The van der Waals surface area contributed by atoms with Crippen molar-refractivity contribution in [2.75, 3.05) is 0 Å². The molecule has 0 spiro atoms. The lowest BCUT2D eigenvalue weighted by Crippen LogP contribution is -2.73. The van der Waals surface area contributed by atoms with Gasteiger partial charge in [-0.05, 0) is 0 Å². The van der Waals surface area contributed by atoms with Crippen molar-refractivity contribution in [2.24, 2.45) is 0 Å². The predicted molar refractivity (Wildman–Crippen MR) is 83.7 cm³/mol. The van der Waals surface area contributed by atoms with Gasteiger partial charge in [-0.3, -0.25) is 19.1 Å². The number of halogens is 30. The van der Waals surface area contributed by atoms with Gasteiger partial charge >= 0.3 is 84.2 Å². The summed E-state index contributed by atoms with van der Waals surface area (Å²) in [6, 6.07) is 0. The van der Waals surface area contributed by atoms with Gasteiger partial charge < -0.3 is 0 Å². The minimum atomic E-state index is -9.47. The Morgan fingerprint density at radius 2 is 0.440 bits per heavy atom. The van der Waals surface area contributed by atoms with Crippen LogP contribution in [0.15, 0.2) is 0 Å². The van der Waals surface area contributed by atoms with Crippen molar-refractivity contribution in [3.8, 4) is 0 Å². The number of alkyl halides is 30. The zero-order valence-electron chi connectivity index (χ0n) is 21.0. The van der Waals surface area contributed by atoms with E-state index in [0.29, 0.717) is 0 Å². The van der Waals surface area contributed by atoms with Crippen LogP contribution in [0.1, 0.15) is 0 Å². The Hall–Kier alpha value is -2.84. The Bertz CT molecular complexity index is 1150. The van der Waals surface area contributed by atoms with Gasteiger partial charge in [0, 0.05) is 0 Å². The first-order valence-electron chi connectivity index (χ1n) is 10.1. The van der Waals surface area contributed by atoms with Gasteiger partial charge in [0.05, 0.1) is 0 Å². The molecule has 0 fully saturated rings. The molecule has 0 aromatic carbocycles. The van der Waals surface area contributed by atoms with Crippen LogP contribution in [0.2, 0.25) is 0 Å². The second kappa shape index (κ2) is 11.8. The van der Waals surface area contributed by atoms with E-state index < -0.39 is 95.7 Å². The van der Waals surface area contributed by atoms with Gasteiger partial charge in [0.2, 0.25) is 0 Å². The molecule has 2 unspecified atom stereocenters. The Morgan fingerprint density at radius 1 is 0.280 bits per heavy atom. The lowest BCUT2D eigenvalue weighted by Gasteiger charge is -2.41. The lowest BCUT2D eigenvalue weighted by molar-refractivity contribution is -0.510. The molecule has 4 nitrogen and oxygen atoms in total. The Balaban J connectivity index is 7.64. The van der Waals surface area contributed by atoms with Crippen LogP contribution in [-0.2, 0) is 19.1 Å². The van der Waals surface area contributed by atoms with Crippen LogP contribution in [-0.4, -0.2) is 95.7 Å². The van der Waals surface area contributed by atoms with Crippen LogP contribution < -0.4 is 0 Å². The molecule has 34 heteroatoms. The normalized spacial score (nSPS) is 18.4. The van der Waals surface area contributed by atoms with Crippen molar-refractivity contribution in [1.29, 1.82) is 0 Å². The first-order chi connectivity index (χ1) is 21.0. The summed E-state index contributed by atoms with van der Waals surface area (Å²) >= 11 is 0. The van der Waals surface area contributed by atoms with E-state index in [1.54, 1.807) is 0 Å². The molecule has 0 saturated heterocycles. The molecule has 0 bridgehead atoms. The fourth-order valence-electron chi connectivity index (χ4n) is 2.59. The topological polar surface area (TPSA) is 52.6 Å². The summed E-state index contributed by atoms with van der Waals surface area (Å²) in [5.41, 5.74) is -17.2. The SMILES string of the molecule is O=C(C(F)(OC(F)(F)C(F)(F)C(F)(F)C(F)(F)OC(F)(C(=O)C(F)(C(F)(F)F)C(F)(F)F)C(F)(F)F)C(F)(F)F)C(F)(C(F)(F)F)C(F)(F)F. The third-order valence-electron chi connectivity index (χ3n) is 5.16. The summed E-state index contributed by atoms with van der Waals surface area (Å²) < 4.78 is 395. The van der Waals surface area contributed by atoms with E-state index >= 15 is 0 Å². The highest BCUT2D eigenvalue weighted by Crippen LogP contribution is 2.60. The summed E-state index contributed by atoms with van der Waals surface area (Å²) in [4.78, 5) is 22.2. The number of carbonyl (C=O) groups is 2. The average Bonchev–Trinajstić information content (AvgIpc) is 2.81. The predicted octanol–water partition coefficient (Wildman–Crippen LogP) is 8.74. The van der Waals surface area contributed by atoms with E-state index in [-0.39, 0.29) is 0 Å². The maximum Gasteiger partial charge on any atom is 0.456 e. The molecular formula is C16F30O4. The molecule has 0 heterocycles. The van der Waals surface area contributed by atoms with Crippen molar-refractivity contribution in [2.45, 2.75) is 84.2 Å². The molecule has 0 aliphatic carbocycles. The third kappa shape index (κ3) is 6.76. The molecule has 0 saturated carbocycles. The van der Waals surface area contributed by atoms with Gasteiger partial charge in [-0.15, -0.1) is 0 Å². The van der Waals surface area contributed by atoms with Crippen molar-refractivity contribution >= 4 is 11.6 Å². The number of ketones is 2. The van der Waals surface area contributed by atoms with Crippen LogP contribution in [0.5, 0.6) is 0 Å². The highest BCUT2D eigenvalue weighted by Gasteiger charge is 2.91. The number of hydrogen-bond acceptors (Lipinski definition) is 4. The molecule has 0 radical (unpaired) electrons. The molecular weight excluding hydrogens is 826 g/mol. The van der Waals surface area contributed by atoms with Crippen molar-refractivity contribution in [3.05, 3.63) is 0 Å². The second-order valence-corrected chi connectivity index (χ2v) is 8.54. The van der Waals surface area contributed by atoms with E-state index in [2.05, 4.69) is 0 Å². The summed E-state index contributed by atoms with van der Waals surface area (Å²) in [6.45, 7) is 0. The van der Waals surface area contributed by atoms with Gasteiger partial charge in [0.15, 0.2) is 0 Å². The fraction of sp³-hybridized carbons (Fsp3) is 0.875. The van der Waals surface area contributed by atoms with Crippen LogP contribution in [0.3, 0.4) is 0 Å². The molecule has 0 rings (SSSR count). The lowest BCUT2D eigenvalue weighted by atomic mass is 9.92. The summed E-state index contributed by atoms with van der Waals surface area (Å²) in [5.74, 6) is -49.1. The van der Waals surface area contributed by atoms with E-state index in [4.69, 9.17) is 0 Å². The van der Waals surface area contributed by atoms with Crippen LogP contribution in [0.4, 0.5) is 132 Å². The molecule has 0 aliphatic heterocycles. The first kappa shape index (κ1) is 47.2. The largest absolute Gasteiger partial charge is 0.456 e. The Kier molecular flexibility index (Phi) is 11.2. The molecule has 2 atom stereocenters. The van der Waals surface area contributed by atoms with Gasteiger partial charge in [-0.25, -0.2) is 8.78 Å². The van der Waals surface area contributed by atoms with E-state index in [1.165, 1.54) is 0 Å². The maximum atomic E-state index is 14.1. The minimum absolute atomic E-state index is 0.849. The number of ether oxygens (including phenoxy) is 2. The van der Waals surface area contributed by atoms with Gasteiger partial charge in [0.1, 0.15) is 0 Å². The molecule has 0 N–H and O–H groups in total. The molecule has 0 aromatic heterocycles. The second-order valence-electron chi connectivity index (χ2n) is 8.54. The monoisotopic (exact) mass is 826 g/mol. The van der Waals surface area contributed by atoms with Crippen LogP contribution in [0.25, 0.3) is 0 Å². The molecule has 298 valence electrons.